The molecule has 1 N–H and O–H groups in total. The van der Waals surface area contributed by atoms with Crippen LogP contribution in [0.5, 0.6) is 0 Å². The summed E-state index contributed by atoms with van der Waals surface area (Å²) in [7, 11) is 0. The first-order chi connectivity index (χ1) is 13.0. The van der Waals surface area contributed by atoms with Crippen LogP contribution in [0.25, 0.3) is 16.6 Å². The van der Waals surface area contributed by atoms with Crippen LogP contribution < -0.4 is 5.32 Å². The molecule has 27 heavy (non-hydrogen) atoms. The summed E-state index contributed by atoms with van der Waals surface area (Å²) in [4.78, 5) is 17.4. The first-order valence-corrected chi connectivity index (χ1v) is 8.56. The maximum atomic E-state index is 12.8. The van der Waals surface area contributed by atoms with E-state index >= 15 is 0 Å². The summed E-state index contributed by atoms with van der Waals surface area (Å²) in [6, 6.07) is 15.3. The molecule has 0 unspecified atom stereocenters. The number of amides is 1. The van der Waals surface area contributed by atoms with Crippen LogP contribution in [-0.4, -0.2) is 31.1 Å². The SMILES string of the molecule is Cc1ccc2nc(C)c(C(=O)Nc3cccc(-n4nnnc4C)c3)cc2c1. The Morgan fingerprint density at radius 1 is 1.04 bits per heavy atom. The fourth-order valence-electron chi connectivity index (χ4n) is 3.01. The highest BCUT2D eigenvalue weighted by molar-refractivity contribution is 6.06. The number of carbonyl (C=O) groups excluding carboxylic acids is 1. The van der Waals surface area contributed by atoms with Gasteiger partial charge in [-0.05, 0) is 67.6 Å². The highest BCUT2D eigenvalue weighted by atomic mass is 16.1. The Kier molecular flexibility index (Phi) is 4.12. The van der Waals surface area contributed by atoms with E-state index in [9.17, 15) is 4.79 Å². The molecule has 4 rings (SSSR count). The molecule has 7 nitrogen and oxygen atoms in total. The molecule has 2 heterocycles. The van der Waals surface area contributed by atoms with Crippen molar-refractivity contribution in [2.24, 2.45) is 0 Å². The quantitative estimate of drug-likeness (QED) is 0.607. The van der Waals surface area contributed by atoms with Gasteiger partial charge in [0.1, 0.15) is 0 Å². The Bertz CT molecular complexity index is 1160. The molecule has 2 aromatic heterocycles. The van der Waals surface area contributed by atoms with E-state index in [1.165, 1.54) is 0 Å². The zero-order valence-electron chi connectivity index (χ0n) is 15.3. The average molecular weight is 358 g/mol. The van der Waals surface area contributed by atoms with Gasteiger partial charge in [-0.2, -0.15) is 4.68 Å². The minimum Gasteiger partial charge on any atom is -0.322 e. The van der Waals surface area contributed by atoms with E-state index in [-0.39, 0.29) is 5.91 Å². The summed E-state index contributed by atoms with van der Waals surface area (Å²) >= 11 is 0. The van der Waals surface area contributed by atoms with Crippen molar-refractivity contribution in [3.63, 3.8) is 0 Å². The number of benzene rings is 2. The highest BCUT2D eigenvalue weighted by Crippen LogP contribution is 2.20. The summed E-state index contributed by atoms with van der Waals surface area (Å²) in [5.74, 6) is 0.470. The standard InChI is InChI=1S/C20H18N6O/c1-12-7-8-19-15(9-12)10-18(13(2)21-19)20(27)22-16-5-4-6-17(11-16)26-14(3)23-24-25-26/h4-11H,1-3H3,(H,22,27). The first-order valence-electron chi connectivity index (χ1n) is 8.56. The number of hydrogen-bond donors (Lipinski definition) is 1. The molecule has 0 atom stereocenters. The van der Waals surface area contributed by atoms with Crippen molar-refractivity contribution in [2.45, 2.75) is 20.8 Å². The molecule has 0 spiro atoms. The highest BCUT2D eigenvalue weighted by Gasteiger charge is 2.13. The fourth-order valence-corrected chi connectivity index (χ4v) is 3.01. The summed E-state index contributed by atoms with van der Waals surface area (Å²) < 4.78 is 1.61. The number of aryl methyl sites for hydroxylation is 3. The zero-order valence-corrected chi connectivity index (χ0v) is 15.3. The molecular formula is C20H18N6O. The fraction of sp³-hybridized carbons (Fsp3) is 0.150. The summed E-state index contributed by atoms with van der Waals surface area (Å²) in [6.07, 6.45) is 0. The number of fused-ring (bicyclic) bond motifs is 1. The lowest BCUT2D eigenvalue weighted by Gasteiger charge is -2.10. The van der Waals surface area contributed by atoms with Gasteiger partial charge >= 0.3 is 0 Å². The topological polar surface area (TPSA) is 85.6 Å². The van der Waals surface area contributed by atoms with Crippen LogP contribution in [0.4, 0.5) is 5.69 Å². The maximum Gasteiger partial charge on any atom is 0.257 e. The predicted octanol–water partition coefficient (Wildman–Crippen LogP) is 3.39. The molecule has 2 aromatic carbocycles. The molecule has 7 heteroatoms. The van der Waals surface area contributed by atoms with Crippen molar-refractivity contribution in [3.8, 4) is 5.69 Å². The summed E-state index contributed by atoms with van der Waals surface area (Å²) in [5, 5.41) is 15.4. The number of nitrogens with one attached hydrogen (secondary N) is 1. The number of pyridine rings is 1. The Morgan fingerprint density at radius 2 is 1.89 bits per heavy atom. The van der Waals surface area contributed by atoms with E-state index in [4.69, 9.17) is 0 Å². The third kappa shape index (κ3) is 3.27. The zero-order chi connectivity index (χ0) is 19.0. The van der Waals surface area contributed by atoms with Crippen molar-refractivity contribution in [3.05, 3.63) is 71.2 Å². The number of rotatable bonds is 3. The second-order valence-electron chi connectivity index (χ2n) is 6.46. The third-order valence-corrected chi connectivity index (χ3v) is 4.38. The van der Waals surface area contributed by atoms with Crippen LogP contribution in [0.2, 0.25) is 0 Å². The van der Waals surface area contributed by atoms with Gasteiger partial charge in [0.05, 0.1) is 22.5 Å². The van der Waals surface area contributed by atoms with E-state index in [1.807, 2.05) is 69.3 Å². The lowest BCUT2D eigenvalue weighted by molar-refractivity contribution is 0.102. The molecule has 0 saturated carbocycles. The molecule has 0 aliphatic heterocycles. The van der Waals surface area contributed by atoms with Crippen molar-refractivity contribution < 1.29 is 4.79 Å². The van der Waals surface area contributed by atoms with Crippen molar-refractivity contribution in [2.75, 3.05) is 5.32 Å². The van der Waals surface area contributed by atoms with Crippen LogP contribution in [0.15, 0.2) is 48.5 Å². The van der Waals surface area contributed by atoms with E-state index in [0.29, 0.717) is 22.8 Å². The van der Waals surface area contributed by atoms with E-state index in [0.717, 1.165) is 22.2 Å². The van der Waals surface area contributed by atoms with Crippen LogP contribution in [-0.2, 0) is 0 Å². The predicted molar refractivity (Wildman–Crippen MR) is 103 cm³/mol. The Hall–Kier alpha value is -3.61. The number of hydrogen-bond acceptors (Lipinski definition) is 5. The van der Waals surface area contributed by atoms with Crippen LogP contribution in [0.1, 0.15) is 27.4 Å². The van der Waals surface area contributed by atoms with Crippen LogP contribution >= 0.6 is 0 Å². The van der Waals surface area contributed by atoms with Gasteiger partial charge in [0, 0.05) is 11.1 Å². The third-order valence-electron chi connectivity index (χ3n) is 4.38. The lowest BCUT2D eigenvalue weighted by Crippen LogP contribution is -2.14. The molecule has 0 radical (unpaired) electrons. The number of anilines is 1. The second-order valence-corrected chi connectivity index (χ2v) is 6.46. The minimum atomic E-state index is -0.200. The van der Waals surface area contributed by atoms with E-state index in [1.54, 1.807) is 4.68 Å². The Balaban J connectivity index is 1.66. The maximum absolute atomic E-state index is 12.8. The molecule has 0 aliphatic carbocycles. The molecule has 0 fully saturated rings. The van der Waals surface area contributed by atoms with Gasteiger partial charge in [-0.1, -0.05) is 17.7 Å². The monoisotopic (exact) mass is 358 g/mol. The van der Waals surface area contributed by atoms with Gasteiger partial charge < -0.3 is 5.32 Å². The van der Waals surface area contributed by atoms with Crippen LogP contribution in [0, 0.1) is 20.8 Å². The van der Waals surface area contributed by atoms with Gasteiger partial charge in [-0.3, -0.25) is 9.78 Å². The molecule has 0 aliphatic rings. The van der Waals surface area contributed by atoms with Crippen molar-refractivity contribution >= 4 is 22.5 Å². The van der Waals surface area contributed by atoms with Gasteiger partial charge in [-0.25, -0.2) is 0 Å². The molecule has 4 aromatic rings. The summed E-state index contributed by atoms with van der Waals surface area (Å²) in [5.41, 5.74) is 4.69. The van der Waals surface area contributed by atoms with Crippen molar-refractivity contribution in [1.82, 2.24) is 25.2 Å². The van der Waals surface area contributed by atoms with Gasteiger partial charge in [0.2, 0.25) is 0 Å². The van der Waals surface area contributed by atoms with Crippen LogP contribution in [0.3, 0.4) is 0 Å². The second kappa shape index (κ2) is 6.60. The van der Waals surface area contributed by atoms with E-state index in [2.05, 4.69) is 25.8 Å². The number of tetrazole rings is 1. The smallest absolute Gasteiger partial charge is 0.257 e. The van der Waals surface area contributed by atoms with Gasteiger partial charge in [0.25, 0.3) is 5.91 Å². The Labute approximate surface area is 156 Å². The minimum absolute atomic E-state index is 0.200. The number of aromatic nitrogens is 5. The Morgan fingerprint density at radius 3 is 2.67 bits per heavy atom. The first kappa shape index (κ1) is 16.8. The summed E-state index contributed by atoms with van der Waals surface area (Å²) in [6.45, 7) is 5.68. The average Bonchev–Trinajstić information content (AvgIpc) is 3.07. The number of carbonyl (C=O) groups is 1. The molecule has 1 amide bonds. The number of nitrogens with zero attached hydrogens (tertiary/aromatic N) is 5. The van der Waals surface area contributed by atoms with Gasteiger partial charge in [-0.15, -0.1) is 5.10 Å². The normalized spacial score (nSPS) is 10.9. The van der Waals surface area contributed by atoms with Gasteiger partial charge in [0.15, 0.2) is 5.82 Å². The molecule has 0 saturated heterocycles. The molecule has 134 valence electrons. The van der Waals surface area contributed by atoms with E-state index < -0.39 is 0 Å². The molecular weight excluding hydrogens is 340 g/mol. The van der Waals surface area contributed by atoms with Crippen molar-refractivity contribution in [1.29, 1.82) is 0 Å². The largest absolute Gasteiger partial charge is 0.322 e. The lowest BCUT2D eigenvalue weighted by atomic mass is 10.1. The molecule has 0 bridgehead atoms.